The minimum absolute atomic E-state index is 0.0784. The number of hydrogen-bond donors (Lipinski definition) is 3. The molecule has 1 fully saturated rings. The van der Waals surface area contributed by atoms with Gasteiger partial charge in [-0.15, -0.1) is 0 Å². The number of H-pyrrole nitrogens is 1. The number of nitrogens with one attached hydrogen (secondary N) is 3. The van der Waals surface area contributed by atoms with E-state index in [1.807, 2.05) is 12.1 Å². The Labute approximate surface area is 131 Å². The minimum Gasteiger partial charge on any atom is -0.447 e. The quantitative estimate of drug-likeness (QED) is 0.724. The number of nitrogens with zero attached hydrogens (tertiary/aromatic N) is 1. The molecule has 0 radical (unpaired) electrons. The first kappa shape index (κ1) is 14.6. The Kier molecular flexibility index (Phi) is 4.15. The molecule has 2 heterocycles. The molecule has 1 aliphatic rings. The van der Waals surface area contributed by atoms with Crippen LogP contribution in [-0.4, -0.2) is 41.2 Å². The van der Waals surface area contributed by atoms with Crippen LogP contribution in [0.15, 0.2) is 18.2 Å². The van der Waals surface area contributed by atoms with Crippen LogP contribution in [0, 0.1) is 0 Å². The lowest BCUT2D eigenvalue weighted by molar-refractivity contribution is -0.122. The van der Waals surface area contributed by atoms with Gasteiger partial charge in [-0.1, -0.05) is 11.6 Å². The highest BCUT2D eigenvalue weighted by molar-refractivity contribution is 6.31. The Bertz CT molecular complexity index is 715. The number of aromatic amines is 1. The number of imidazole rings is 1. The molecule has 2 amide bonds. The number of aryl methyl sites for hydroxylation is 1. The predicted molar refractivity (Wildman–Crippen MR) is 80.7 cm³/mol. The molecular formula is C14H15ClN4O3. The van der Waals surface area contributed by atoms with E-state index in [1.165, 1.54) is 0 Å². The normalized spacial score (nSPS) is 17.3. The summed E-state index contributed by atoms with van der Waals surface area (Å²) in [5.41, 5.74) is 1.77. The third-order valence-corrected chi connectivity index (χ3v) is 3.61. The van der Waals surface area contributed by atoms with Gasteiger partial charge in [0.25, 0.3) is 0 Å². The number of halogens is 1. The van der Waals surface area contributed by atoms with Crippen LogP contribution >= 0.6 is 11.6 Å². The minimum atomic E-state index is -0.596. The number of cyclic esters (lactones) is 1. The van der Waals surface area contributed by atoms with E-state index in [-0.39, 0.29) is 12.5 Å². The first-order chi connectivity index (χ1) is 10.6. The first-order valence-electron chi connectivity index (χ1n) is 6.97. The Morgan fingerprint density at radius 3 is 3.14 bits per heavy atom. The number of alkyl carbamates (subject to hydrolysis) is 1. The highest BCUT2D eigenvalue weighted by atomic mass is 35.5. The lowest BCUT2D eigenvalue weighted by atomic mass is 10.2. The summed E-state index contributed by atoms with van der Waals surface area (Å²) in [6, 6.07) is 4.90. The topological polar surface area (TPSA) is 96.1 Å². The van der Waals surface area contributed by atoms with Crippen LogP contribution < -0.4 is 10.6 Å². The molecule has 0 unspecified atom stereocenters. The lowest BCUT2D eigenvalue weighted by Crippen LogP contribution is -2.43. The third kappa shape index (κ3) is 3.30. The predicted octanol–water partition coefficient (Wildman–Crippen LogP) is 1.37. The molecule has 1 saturated heterocycles. The molecule has 8 heteroatoms. The van der Waals surface area contributed by atoms with E-state index >= 15 is 0 Å². The second-order valence-electron chi connectivity index (χ2n) is 5.03. The maximum absolute atomic E-state index is 11.7. The molecule has 0 aliphatic carbocycles. The molecule has 0 spiro atoms. The molecule has 0 bridgehead atoms. The van der Waals surface area contributed by atoms with E-state index in [9.17, 15) is 9.59 Å². The van der Waals surface area contributed by atoms with Gasteiger partial charge in [0.1, 0.15) is 18.5 Å². The van der Waals surface area contributed by atoms with E-state index in [4.69, 9.17) is 11.6 Å². The van der Waals surface area contributed by atoms with Crippen molar-refractivity contribution < 1.29 is 14.3 Å². The summed E-state index contributed by atoms with van der Waals surface area (Å²) in [6.07, 6.45) is 0.891. The number of aromatic nitrogens is 2. The fourth-order valence-electron chi connectivity index (χ4n) is 2.27. The lowest BCUT2D eigenvalue weighted by Gasteiger charge is -2.08. The second-order valence-corrected chi connectivity index (χ2v) is 5.47. The zero-order chi connectivity index (χ0) is 15.5. The standard InChI is InChI=1S/C14H15ClN4O3/c15-8-3-4-9-10(6-8)18-12(17-9)2-1-5-16-13(20)11-7-22-14(21)19-11/h3-4,6,11H,1-2,5,7H2,(H,16,20)(H,17,18)(H,19,21)/t11-/m0/s1. The highest BCUT2D eigenvalue weighted by Crippen LogP contribution is 2.17. The molecule has 1 aromatic carbocycles. The molecule has 1 atom stereocenters. The Morgan fingerprint density at radius 2 is 2.36 bits per heavy atom. The van der Waals surface area contributed by atoms with Crippen LogP contribution in [0.2, 0.25) is 5.02 Å². The van der Waals surface area contributed by atoms with Gasteiger partial charge in [-0.25, -0.2) is 9.78 Å². The number of carbonyl (C=O) groups excluding carboxylic acids is 2. The van der Waals surface area contributed by atoms with Crippen molar-refractivity contribution in [2.45, 2.75) is 18.9 Å². The van der Waals surface area contributed by atoms with E-state index < -0.39 is 12.1 Å². The zero-order valence-electron chi connectivity index (χ0n) is 11.7. The summed E-state index contributed by atoms with van der Waals surface area (Å²) in [4.78, 5) is 30.2. The van der Waals surface area contributed by atoms with Gasteiger partial charge in [0.15, 0.2) is 0 Å². The van der Waals surface area contributed by atoms with Crippen LogP contribution in [0.25, 0.3) is 11.0 Å². The van der Waals surface area contributed by atoms with Gasteiger partial charge in [0.05, 0.1) is 11.0 Å². The first-order valence-corrected chi connectivity index (χ1v) is 7.35. The largest absolute Gasteiger partial charge is 0.447 e. The Balaban J connectivity index is 1.46. The summed E-state index contributed by atoms with van der Waals surface area (Å²) >= 11 is 5.93. The Hall–Kier alpha value is -2.28. The van der Waals surface area contributed by atoms with E-state index in [1.54, 1.807) is 6.07 Å². The third-order valence-electron chi connectivity index (χ3n) is 3.37. The SMILES string of the molecule is O=C1N[C@H](C(=O)NCCCc2nc3ccc(Cl)cc3[nH]2)CO1. The second kappa shape index (κ2) is 6.23. The monoisotopic (exact) mass is 322 g/mol. The van der Waals surface area contributed by atoms with Crippen molar-refractivity contribution in [3.05, 3.63) is 29.0 Å². The fraction of sp³-hybridized carbons (Fsp3) is 0.357. The van der Waals surface area contributed by atoms with Crippen molar-refractivity contribution >= 4 is 34.6 Å². The van der Waals surface area contributed by atoms with E-state index in [2.05, 4.69) is 25.3 Å². The van der Waals surface area contributed by atoms with Gasteiger partial charge in [-0.3, -0.25) is 4.79 Å². The van der Waals surface area contributed by atoms with Crippen molar-refractivity contribution in [3.8, 4) is 0 Å². The molecule has 7 nitrogen and oxygen atoms in total. The highest BCUT2D eigenvalue weighted by Gasteiger charge is 2.28. The molecule has 22 heavy (non-hydrogen) atoms. The van der Waals surface area contributed by atoms with Gasteiger partial charge >= 0.3 is 6.09 Å². The summed E-state index contributed by atoms with van der Waals surface area (Å²) < 4.78 is 4.67. The molecule has 1 aromatic heterocycles. The van der Waals surface area contributed by atoms with Gasteiger partial charge in [0.2, 0.25) is 5.91 Å². The van der Waals surface area contributed by atoms with Crippen molar-refractivity contribution in [2.24, 2.45) is 0 Å². The number of hydrogen-bond acceptors (Lipinski definition) is 4. The van der Waals surface area contributed by atoms with E-state index in [0.29, 0.717) is 18.0 Å². The van der Waals surface area contributed by atoms with Crippen LogP contribution in [0.1, 0.15) is 12.2 Å². The smallest absolute Gasteiger partial charge is 0.407 e. The number of fused-ring (bicyclic) bond motifs is 1. The summed E-state index contributed by atoms with van der Waals surface area (Å²) in [7, 11) is 0. The molecule has 2 aromatic rings. The number of benzene rings is 1. The van der Waals surface area contributed by atoms with Crippen LogP contribution in [-0.2, 0) is 16.0 Å². The van der Waals surface area contributed by atoms with Crippen molar-refractivity contribution in [2.75, 3.05) is 13.2 Å². The molecule has 3 N–H and O–H groups in total. The van der Waals surface area contributed by atoms with E-state index in [0.717, 1.165) is 23.3 Å². The van der Waals surface area contributed by atoms with Gasteiger partial charge in [-0.05, 0) is 24.6 Å². The van der Waals surface area contributed by atoms with Gasteiger partial charge in [0, 0.05) is 18.0 Å². The van der Waals surface area contributed by atoms with Crippen molar-refractivity contribution in [1.82, 2.24) is 20.6 Å². The number of amides is 2. The summed E-state index contributed by atoms with van der Waals surface area (Å²) in [6.45, 7) is 0.581. The maximum Gasteiger partial charge on any atom is 0.407 e. The molecule has 1 aliphatic heterocycles. The number of carbonyl (C=O) groups is 2. The molecule has 116 valence electrons. The molecular weight excluding hydrogens is 308 g/mol. The Morgan fingerprint density at radius 1 is 1.50 bits per heavy atom. The zero-order valence-corrected chi connectivity index (χ0v) is 12.4. The number of rotatable bonds is 5. The van der Waals surface area contributed by atoms with Crippen molar-refractivity contribution in [1.29, 1.82) is 0 Å². The van der Waals surface area contributed by atoms with Crippen LogP contribution in [0.5, 0.6) is 0 Å². The average molecular weight is 323 g/mol. The van der Waals surface area contributed by atoms with Gasteiger partial charge in [-0.2, -0.15) is 0 Å². The van der Waals surface area contributed by atoms with Crippen LogP contribution in [0.3, 0.4) is 0 Å². The average Bonchev–Trinajstić information content (AvgIpc) is 3.08. The summed E-state index contributed by atoms with van der Waals surface area (Å²) in [5, 5.41) is 5.86. The van der Waals surface area contributed by atoms with Gasteiger partial charge < -0.3 is 20.4 Å². The fourth-order valence-corrected chi connectivity index (χ4v) is 2.44. The molecule has 3 rings (SSSR count). The summed E-state index contributed by atoms with van der Waals surface area (Å²) in [5.74, 6) is 0.617. The van der Waals surface area contributed by atoms with Crippen molar-refractivity contribution in [3.63, 3.8) is 0 Å². The molecule has 0 saturated carbocycles. The van der Waals surface area contributed by atoms with Crippen LogP contribution in [0.4, 0.5) is 4.79 Å². The number of ether oxygens (including phenoxy) is 1. The maximum atomic E-state index is 11.7.